The maximum Gasteiger partial charge on any atom is 0.407 e. The third kappa shape index (κ3) is 4.15. The van der Waals surface area contributed by atoms with E-state index in [1.807, 2.05) is 18.5 Å². The number of halogens is 1. The number of nitrogens with zero attached hydrogens (tertiary/aromatic N) is 4. The first-order valence-electron chi connectivity index (χ1n) is 11.8. The lowest BCUT2D eigenvalue weighted by atomic mass is 9.97. The zero-order chi connectivity index (χ0) is 25.6. The van der Waals surface area contributed by atoms with Crippen molar-refractivity contribution in [2.75, 3.05) is 13.1 Å². The number of benzene rings is 2. The summed E-state index contributed by atoms with van der Waals surface area (Å²) in [5.41, 5.74) is 3.38. The van der Waals surface area contributed by atoms with E-state index < -0.39 is 21.9 Å². The van der Waals surface area contributed by atoms with E-state index in [0.717, 1.165) is 33.8 Å². The molecule has 2 aromatic heterocycles. The lowest BCUT2D eigenvalue weighted by Gasteiger charge is -2.30. The topological polar surface area (TPSA) is 97.4 Å². The molecule has 0 atom stereocenters. The van der Waals surface area contributed by atoms with Crippen molar-refractivity contribution in [1.82, 2.24) is 18.7 Å². The molecule has 0 unspecified atom stereocenters. The number of fused-ring (bicyclic) bond motifs is 1. The predicted octanol–water partition coefficient (Wildman–Crippen LogP) is 4.89. The average molecular weight is 511 g/mol. The fourth-order valence-electron chi connectivity index (χ4n) is 5.09. The Balaban J connectivity index is 1.56. The first-order chi connectivity index (χ1) is 17.2. The Morgan fingerprint density at radius 2 is 1.81 bits per heavy atom. The molecule has 1 aliphatic rings. The molecular weight excluding hydrogens is 483 g/mol. The van der Waals surface area contributed by atoms with Crippen molar-refractivity contribution in [2.45, 2.75) is 38.1 Å². The highest BCUT2D eigenvalue weighted by atomic mass is 32.2. The summed E-state index contributed by atoms with van der Waals surface area (Å²) in [7, 11) is -3.95. The van der Waals surface area contributed by atoms with Crippen LogP contribution in [0.2, 0.25) is 0 Å². The second-order valence-corrected chi connectivity index (χ2v) is 11.1. The molecule has 0 bridgehead atoms. The monoisotopic (exact) mass is 510 g/mol. The number of rotatable bonds is 5. The van der Waals surface area contributed by atoms with Gasteiger partial charge in [-0.3, -0.25) is 4.68 Å². The second kappa shape index (κ2) is 9.09. The summed E-state index contributed by atoms with van der Waals surface area (Å²) in [6.07, 6.45) is 2.18. The standard InChI is InChI=1S/C26H27FN4O4S/c1-17-25(18(2)30(28-17)15-19-10-12-29(13-11-19)26(32)33)23-16-31(24-14-20(27)8-9-22(23)24)36(34,35)21-6-4-3-5-7-21/h3-9,14,16,19H,10-13,15H2,1-2H3,(H,32,33). The lowest BCUT2D eigenvalue weighted by molar-refractivity contribution is 0.121. The molecule has 4 aromatic rings. The smallest absolute Gasteiger partial charge is 0.407 e. The van der Waals surface area contributed by atoms with Gasteiger partial charge in [-0.05, 0) is 62.9 Å². The number of hydrogen-bond acceptors (Lipinski definition) is 4. The van der Waals surface area contributed by atoms with Gasteiger partial charge in [-0.25, -0.2) is 21.6 Å². The summed E-state index contributed by atoms with van der Waals surface area (Å²) in [5, 5.41) is 14.6. The molecule has 10 heteroatoms. The van der Waals surface area contributed by atoms with Crippen molar-refractivity contribution < 1.29 is 22.7 Å². The van der Waals surface area contributed by atoms with Gasteiger partial charge in [0, 0.05) is 48.0 Å². The van der Waals surface area contributed by atoms with Crippen LogP contribution in [0.25, 0.3) is 22.0 Å². The van der Waals surface area contributed by atoms with Gasteiger partial charge in [0.05, 0.1) is 16.1 Å². The maximum atomic E-state index is 14.3. The van der Waals surface area contributed by atoms with E-state index in [1.165, 1.54) is 29.2 Å². The highest BCUT2D eigenvalue weighted by Crippen LogP contribution is 2.37. The fourth-order valence-corrected chi connectivity index (χ4v) is 6.47. The van der Waals surface area contributed by atoms with Crippen molar-refractivity contribution >= 4 is 27.0 Å². The average Bonchev–Trinajstić information content (AvgIpc) is 3.36. The zero-order valence-corrected chi connectivity index (χ0v) is 20.9. The molecule has 36 heavy (non-hydrogen) atoms. The van der Waals surface area contributed by atoms with Crippen LogP contribution in [0.15, 0.2) is 59.6 Å². The van der Waals surface area contributed by atoms with Crippen molar-refractivity contribution in [2.24, 2.45) is 5.92 Å². The fraction of sp³-hybridized carbons (Fsp3) is 0.308. The molecule has 0 spiro atoms. The molecule has 0 radical (unpaired) electrons. The summed E-state index contributed by atoms with van der Waals surface area (Å²) in [6.45, 7) is 5.48. The minimum Gasteiger partial charge on any atom is -0.465 e. The van der Waals surface area contributed by atoms with E-state index in [9.17, 15) is 22.7 Å². The zero-order valence-electron chi connectivity index (χ0n) is 20.1. The number of aryl methyl sites for hydroxylation is 1. The van der Waals surface area contributed by atoms with Crippen LogP contribution < -0.4 is 0 Å². The summed E-state index contributed by atoms with van der Waals surface area (Å²) in [6, 6.07) is 12.3. The number of hydrogen-bond donors (Lipinski definition) is 1. The molecule has 1 N–H and O–H groups in total. The molecule has 0 saturated carbocycles. The quantitative estimate of drug-likeness (QED) is 0.412. The third-order valence-corrected chi connectivity index (χ3v) is 8.69. The van der Waals surface area contributed by atoms with Gasteiger partial charge in [0.25, 0.3) is 10.0 Å². The van der Waals surface area contributed by atoms with Crippen molar-refractivity contribution in [1.29, 1.82) is 0 Å². The number of amides is 1. The minimum atomic E-state index is -3.95. The Kier molecular flexibility index (Phi) is 6.07. The van der Waals surface area contributed by atoms with Crippen LogP contribution in [0.5, 0.6) is 0 Å². The van der Waals surface area contributed by atoms with Gasteiger partial charge in [0.1, 0.15) is 5.82 Å². The Morgan fingerprint density at radius 3 is 2.47 bits per heavy atom. The van der Waals surface area contributed by atoms with Crippen LogP contribution in [-0.4, -0.2) is 51.4 Å². The van der Waals surface area contributed by atoms with E-state index in [-0.39, 0.29) is 10.4 Å². The Labute approximate surface area is 208 Å². The van der Waals surface area contributed by atoms with Crippen molar-refractivity contribution in [3.8, 4) is 11.1 Å². The van der Waals surface area contributed by atoms with Crippen LogP contribution in [0, 0.1) is 25.6 Å². The lowest BCUT2D eigenvalue weighted by Crippen LogP contribution is -2.38. The van der Waals surface area contributed by atoms with Crippen LogP contribution in [0.1, 0.15) is 24.2 Å². The summed E-state index contributed by atoms with van der Waals surface area (Å²) >= 11 is 0. The number of likely N-dealkylation sites (tertiary alicyclic amines) is 1. The maximum absolute atomic E-state index is 14.3. The minimum absolute atomic E-state index is 0.120. The van der Waals surface area contributed by atoms with Gasteiger partial charge < -0.3 is 10.0 Å². The Hall–Kier alpha value is -3.66. The third-order valence-electron chi connectivity index (χ3n) is 7.00. The molecule has 1 aliphatic heterocycles. The van der Waals surface area contributed by atoms with Crippen molar-refractivity contribution in [3.05, 3.63) is 71.9 Å². The SMILES string of the molecule is Cc1nn(CC2CCN(C(=O)O)CC2)c(C)c1-c1cn(S(=O)(=O)c2ccccc2)c2cc(F)ccc12. The van der Waals surface area contributed by atoms with E-state index in [0.29, 0.717) is 36.5 Å². The Morgan fingerprint density at radius 1 is 1.11 bits per heavy atom. The predicted molar refractivity (Wildman–Crippen MR) is 134 cm³/mol. The molecule has 1 saturated heterocycles. The Bertz CT molecular complexity index is 1550. The van der Waals surface area contributed by atoms with Crippen molar-refractivity contribution in [3.63, 3.8) is 0 Å². The summed E-state index contributed by atoms with van der Waals surface area (Å²) in [4.78, 5) is 12.8. The van der Waals surface area contributed by atoms with Gasteiger partial charge in [0.2, 0.25) is 0 Å². The first kappa shape index (κ1) is 24.1. The van der Waals surface area contributed by atoms with Gasteiger partial charge in [0.15, 0.2) is 0 Å². The first-order valence-corrected chi connectivity index (χ1v) is 13.2. The van der Waals surface area contributed by atoms with Gasteiger partial charge in [-0.2, -0.15) is 5.10 Å². The molecule has 0 aliphatic carbocycles. The second-order valence-electron chi connectivity index (χ2n) is 9.26. The molecule has 8 nitrogen and oxygen atoms in total. The molecule has 5 rings (SSSR count). The van der Waals surface area contributed by atoms with Gasteiger partial charge in [-0.1, -0.05) is 18.2 Å². The molecular formula is C26H27FN4O4S. The van der Waals surface area contributed by atoms with E-state index in [4.69, 9.17) is 5.10 Å². The number of aromatic nitrogens is 3. The normalized spacial score (nSPS) is 15.0. The van der Waals surface area contributed by atoms with Crippen LogP contribution >= 0.6 is 0 Å². The molecule has 3 heterocycles. The number of carbonyl (C=O) groups is 1. The van der Waals surface area contributed by atoms with E-state index >= 15 is 0 Å². The highest BCUT2D eigenvalue weighted by Gasteiger charge is 2.27. The van der Waals surface area contributed by atoms with Crippen LogP contribution in [0.4, 0.5) is 9.18 Å². The number of piperidine rings is 1. The molecule has 188 valence electrons. The molecule has 1 fully saturated rings. The van der Waals surface area contributed by atoms with Crippen LogP contribution in [0.3, 0.4) is 0 Å². The van der Waals surface area contributed by atoms with Gasteiger partial charge in [-0.15, -0.1) is 0 Å². The summed E-state index contributed by atoms with van der Waals surface area (Å²) in [5.74, 6) is -0.228. The summed E-state index contributed by atoms with van der Waals surface area (Å²) < 4.78 is 44.3. The van der Waals surface area contributed by atoms with E-state index in [1.54, 1.807) is 30.5 Å². The molecule has 1 amide bonds. The highest BCUT2D eigenvalue weighted by molar-refractivity contribution is 7.90. The van der Waals surface area contributed by atoms with E-state index in [2.05, 4.69) is 0 Å². The van der Waals surface area contributed by atoms with Crippen LogP contribution in [-0.2, 0) is 16.6 Å². The molecule has 2 aromatic carbocycles. The number of carboxylic acid groups (broad SMARTS) is 1. The van der Waals surface area contributed by atoms with Gasteiger partial charge >= 0.3 is 6.09 Å². The largest absolute Gasteiger partial charge is 0.465 e.